The van der Waals surface area contributed by atoms with Gasteiger partial charge in [-0.2, -0.15) is 0 Å². The van der Waals surface area contributed by atoms with Crippen LogP contribution in [0.1, 0.15) is 11.3 Å². The number of benzene rings is 4. The third-order valence-electron chi connectivity index (χ3n) is 5.91. The Balaban J connectivity index is 1.80. The SMILES string of the molecule is O=[N+]([O-])c1cccc(N[C@H](c2ccc(N(CCCl)CCCl)cc2)P(=O)(Oc2ccccc2)Oc2ccccc2)c1. The molecule has 1 N–H and O–H groups in total. The number of non-ortho nitro benzene ring substituents is 1. The van der Waals surface area contributed by atoms with Crippen LogP contribution >= 0.6 is 30.8 Å². The van der Waals surface area contributed by atoms with Crippen molar-refractivity contribution >= 4 is 47.9 Å². The first-order valence-electron chi connectivity index (χ1n) is 12.5. The zero-order valence-corrected chi connectivity index (χ0v) is 23.8. The minimum Gasteiger partial charge on any atom is -0.414 e. The average Bonchev–Trinajstić information content (AvgIpc) is 2.97. The fraction of sp³-hybridized carbons (Fsp3) is 0.172. The van der Waals surface area contributed by atoms with E-state index in [0.29, 0.717) is 47.6 Å². The molecular weight excluding hydrogens is 572 g/mol. The Labute approximate surface area is 243 Å². The Morgan fingerprint density at radius 3 is 1.85 bits per heavy atom. The van der Waals surface area contributed by atoms with Crippen molar-refractivity contribution in [2.45, 2.75) is 5.78 Å². The number of para-hydroxylation sites is 2. The van der Waals surface area contributed by atoms with E-state index >= 15 is 0 Å². The van der Waals surface area contributed by atoms with E-state index in [1.165, 1.54) is 12.1 Å². The van der Waals surface area contributed by atoms with Gasteiger partial charge in [-0.05, 0) is 48.0 Å². The van der Waals surface area contributed by atoms with Crippen LogP contribution in [0.15, 0.2) is 109 Å². The lowest BCUT2D eigenvalue weighted by Crippen LogP contribution is -2.27. The lowest BCUT2D eigenvalue weighted by atomic mass is 10.1. The van der Waals surface area contributed by atoms with Crippen molar-refractivity contribution in [1.29, 1.82) is 0 Å². The fourth-order valence-corrected chi connectivity index (χ4v) is 6.37. The summed E-state index contributed by atoms with van der Waals surface area (Å²) in [6.45, 7) is 1.21. The number of rotatable bonds is 14. The number of anilines is 2. The molecular formula is C29H28Cl2N3O5P. The van der Waals surface area contributed by atoms with Crippen LogP contribution in [-0.4, -0.2) is 29.8 Å². The Kier molecular flexibility index (Phi) is 10.3. The van der Waals surface area contributed by atoms with E-state index in [4.69, 9.17) is 32.2 Å². The molecule has 0 spiro atoms. The number of nitro benzene ring substituents is 1. The predicted molar refractivity (Wildman–Crippen MR) is 161 cm³/mol. The number of hydrogen-bond acceptors (Lipinski definition) is 7. The van der Waals surface area contributed by atoms with Crippen LogP contribution in [0.2, 0.25) is 0 Å². The second-order valence-corrected chi connectivity index (χ2v) is 11.4. The summed E-state index contributed by atoms with van der Waals surface area (Å²) in [6.07, 6.45) is 0. The second kappa shape index (κ2) is 14.1. The number of hydrogen-bond donors (Lipinski definition) is 1. The molecule has 208 valence electrons. The molecule has 0 bridgehead atoms. The summed E-state index contributed by atoms with van der Waals surface area (Å²) >= 11 is 12.0. The monoisotopic (exact) mass is 599 g/mol. The maximum absolute atomic E-state index is 14.8. The van der Waals surface area contributed by atoms with Crippen LogP contribution in [0.3, 0.4) is 0 Å². The van der Waals surface area contributed by atoms with E-state index < -0.39 is 18.3 Å². The van der Waals surface area contributed by atoms with Gasteiger partial charge < -0.3 is 19.3 Å². The topological polar surface area (TPSA) is 93.9 Å². The first-order valence-corrected chi connectivity index (χ1v) is 15.2. The van der Waals surface area contributed by atoms with Crippen LogP contribution in [-0.2, 0) is 4.57 Å². The third kappa shape index (κ3) is 7.69. The maximum atomic E-state index is 14.8. The highest BCUT2D eigenvalue weighted by molar-refractivity contribution is 7.55. The standard InChI is InChI=1S/C29H28Cl2N3O5P/c30-18-20-33(21-19-31)25-16-14-23(15-17-25)29(32-24-8-7-9-26(22-24)34(35)36)40(37,38-27-10-3-1-4-11-27)39-28-12-5-2-6-13-28/h1-17,22,29,32H,18-21H2/t29-/m0/s1. The van der Waals surface area contributed by atoms with Gasteiger partial charge in [-0.3, -0.25) is 10.1 Å². The molecule has 0 aliphatic rings. The van der Waals surface area contributed by atoms with Gasteiger partial charge >= 0.3 is 7.60 Å². The summed E-state index contributed by atoms with van der Waals surface area (Å²) < 4.78 is 27.1. The highest BCUT2D eigenvalue weighted by atomic mass is 35.5. The Morgan fingerprint density at radius 2 is 1.35 bits per heavy atom. The molecule has 0 saturated heterocycles. The predicted octanol–water partition coefficient (Wildman–Crippen LogP) is 8.34. The summed E-state index contributed by atoms with van der Waals surface area (Å²) in [4.78, 5) is 13.0. The molecule has 0 unspecified atom stereocenters. The number of nitro groups is 1. The van der Waals surface area contributed by atoms with E-state index in [1.54, 1.807) is 60.7 Å². The van der Waals surface area contributed by atoms with Crippen LogP contribution in [0.4, 0.5) is 17.1 Å². The molecule has 0 fully saturated rings. The number of alkyl halides is 2. The van der Waals surface area contributed by atoms with Gasteiger partial charge in [-0.25, -0.2) is 4.57 Å². The molecule has 4 aromatic carbocycles. The first kappa shape index (κ1) is 29.3. The number of halogens is 2. The van der Waals surface area contributed by atoms with E-state index in [0.717, 1.165) is 5.69 Å². The summed E-state index contributed by atoms with van der Waals surface area (Å²) in [5.41, 5.74) is 1.74. The summed E-state index contributed by atoms with van der Waals surface area (Å²) in [7, 11) is -4.10. The summed E-state index contributed by atoms with van der Waals surface area (Å²) in [5, 5.41) is 14.6. The molecule has 0 aromatic heterocycles. The first-order chi connectivity index (χ1) is 19.4. The molecule has 0 heterocycles. The summed E-state index contributed by atoms with van der Waals surface area (Å²) in [6, 6.07) is 30.8. The smallest absolute Gasteiger partial charge is 0.414 e. The Bertz CT molecular complexity index is 1380. The maximum Gasteiger partial charge on any atom is 0.457 e. The largest absolute Gasteiger partial charge is 0.457 e. The molecule has 0 aliphatic carbocycles. The van der Waals surface area contributed by atoms with Crippen molar-refractivity contribution in [3.8, 4) is 11.5 Å². The van der Waals surface area contributed by atoms with E-state index in [2.05, 4.69) is 5.32 Å². The quantitative estimate of drug-likeness (QED) is 0.0673. The van der Waals surface area contributed by atoms with Crippen molar-refractivity contribution in [1.82, 2.24) is 0 Å². The lowest BCUT2D eigenvalue weighted by Gasteiger charge is -2.30. The zero-order valence-electron chi connectivity index (χ0n) is 21.4. The van der Waals surface area contributed by atoms with Gasteiger partial charge in [-0.15, -0.1) is 23.2 Å². The van der Waals surface area contributed by atoms with E-state index in [-0.39, 0.29) is 5.69 Å². The van der Waals surface area contributed by atoms with Gasteiger partial charge in [0.05, 0.1) is 4.92 Å². The van der Waals surface area contributed by atoms with Gasteiger partial charge in [0, 0.05) is 48.4 Å². The minimum atomic E-state index is -4.10. The molecule has 0 radical (unpaired) electrons. The molecule has 0 aliphatic heterocycles. The molecule has 0 saturated carbocycles. The van der Waals surface area contributed by atoms with Gasteiger partial charge in [0.15, 0.2) is 5.78 Å². The number of nitrogens with one attached hydrogen (secondary N) is 1. The normalized spacial score (nSPS) is 11.8. The van der Waals surface area contributed by atoms with E-state index in [9.17, 15) is 14.7 Å². The van der Waals surface area contributed by atoms with Crippen molar-refractivity contribution in [3.05, 3.63) is 125 Å². The summed E-state index contributed by atoms with van der Waals surface area (Å²) in [5.74, 6) is 0.513. The molecule has 1 atom stereocenters. The van der Waals surface area contributed by atoms with Gasteiger partial charge in [-0.1, -0.05) is 54.6 Å². The number of nitrogens with zero attached hydrogens (tertiary/aromatic N) is 2. The van der Waals surface area contributed by atoms with Crippen LogP contribution < -0.4 is 19.3 Å². The van der Waals surface area contributed by atoms with Crippen LogP contribution in [0, 0.1) is 10.1 Å². The minimum absolute atomic E-state index is 0.111. The average molecular weight is 600 g/mol. The Morgan fingerprint density at radius 1 is 0.800 bits per heavy atom. The molecule has 8 nitrogen and oxygen atoms in total. The van der Waals surface area contributed by atoms with Crippen molar-refractivity contribution in [2.75, 3.05) is 35.1 Å². The van der Waals surface area contributed by atoms with Crippen LogP contribution in [0.25, 0.3) is 0 Å². The second-order valence-electron chi connectivity index (χ2n) is 8.66. The van der Waals surface area contributed by atoms with Gasteiger partial charge in [0.2, 0.25) is 0 Å². The molecule has 0 amide bonds. The molecule has 4 rings (SSSR count). The highest BCUT2D eigenvalue weighted by Gasteiger charge is 2.41. The van der Waals surface area contributed by atoms with E-state index in [1.807, 2.05) is 41.3 Å². The molecule has 40 heavy (non-hydrogen) atoms. The lowest BCUT2D eigenvalue weighted by molar-refractivity contribution is -0.384. The van der Waals surface area contributed by atoms with Crippen molar-refractivity contribution in [2.24, 2.45) is 0 Å². The Hall–Kier alpha value is -3.71. The highest BCUT2D eigenvalue weighted by Crippen LogP contribution is 2.60. The molecule has 4 aromatic rings. The van der Waals surface area contributed by atoms with Crippen LogP contribution in [0.5, 0.6) is 11.5 Å². The zero-order chi connectivity index (χ0) is 28.4. The van der Waals surface area contributed by atoms with Gasteiger partial charge in [0.1, 0.15) is 11.5 Å². The van der Waals surface area contributed by atoms with Crippen molar-refractivity contribution < 1.29 is 18.5 Å². The molecule has 11 heteroatoms. The fourth-order valence-electron chi connectivity index (χ4n) is 4.03. The third-order valence-corrected chi connectivity index (χ3v) is 8.24. The van der Waals surface area contributed by atoms with Gasteiger partial charge in [0.25, 0.3) is 5.69 Å². The van der Waals surface area contributed by atoms with Crippen molar-refractivity contribution in [3.63, 3.8) is 0 Å².